The monoisotopic (exact) mass is 726 g/mol. The predicted octanol–water partition coefficient (Wildman–Crippen LogP) is 12.1. The fourth-order valence-corrected chi connectivity index (χ4v) is 7.70. The number of carbonyl (C=O) groups is 1. The molecule has 6 nitrogen and oxygen atoms in total. The van der Waals surface area contributed by atoms with E-state index in [0.29, 0.717) is 42.3 Å². The quantitative estimate of drug-likeness (QED) is 0.141. The molecule has 1 radical (unpaired) electrons. The van der Waals surface area contributed by atoms with Crippen molar-refractivity contribution in [2.24, 2.45) is 0 Å². The van der Waals surface area contributed by atoms with Crippen LogP contribution in [-0.2, 0) is 4.79 Å². The number of rotatable bonds is 10. The Hall–Kier alpha value is -5.62. The van der Waals surface area contributed by atoms with Crippen molar-refractivity contribution < 1.29 is 4.79 Å². The molecule has 0 saturated carbocycles. The highest BCUT2D eigenvalue weighted by Crippen LogP contribution is 2.47. The van der Waals surface area contributed by atoms with Crippen LogP contribution >= 0.6 is 0 Å². The van der Waals surface area contributed by atoms with Gasteiger partial charge in [0.05, 0.1) is 5.69 Å². The first-order valence-corrected chi connectivity index (χ1v) is 19.7. The summed E-state index contributed by atoms with van der Waals surface area (Å²) in [6.45, 7) is 18.5. The standard InChI is InChI=1S/C49H52N5O/c1-31(2)39-21-15-22-40(32(3)4)44(39)53-30-29-43(55)54(45-41(33(5)6)23-16-24-42(45)34(7)8)49(53)38-27-25-37(26-28-38)48-51-46(35-17-11-9-12-18-35)50-47(52-48)36-19-13-10-14-20-36/h9-28,31-34H,29-30H2,1-8H3. The number of amides is 1. The Morgan fingerprint density at radius 1 is 0.436 bits per heavy atom. The van der Waals surface area contributed by atoms with Crippen molar-refractivity contribution in [2.75, 3.05) is 16.3 Å². The second kappa shape index (κ2) is 16.0. The molecule has 1 aliphatic heterocycles. The lowest BCUT2D eigenvalue weighted by Crippen LogP contribution is -2.53. The minimum absolute atomic E-state index is 0.107. The summed E-state index contributed by atoms with van der Waals surface area (Å²) in [5, 5.41) is 0. The van der Waals surface area contributed by atoms with Crippen LogP contribution in [0.2, 0.25) is 0 Å². The van der Waals surface area contributed by atoms with E-state index in [0.717, 1.165) is 34.1 Å². The number of benzene rings is 5. The molecule has 0 unspecified atom stereocenters. The van der Waals surface area contributed by atoms with Gasteiger partial charge < -0.3 is 4.90 Å². The molecular formula is C49H52N5O. The Morgan fingerprint density at radius 2 is 0.800 bits per heavy atom. The first-order valence-electron chi connectivity index (χ1n) is 19.7. The first kappa shape index (κ1) is 37.7. The van der Waals surface area contributed by atoms with E-state index in [1.54, 1.807) is 0 Å². The summed E-state index contributed by atoms with van der Waals surface area (Å²) in [5.41, 5.74) is 10.8. The van der Waals surface area contributed by atoms with Crippen molar-refractivity contribution in [3.05, 3.63) is 155 Å². The highest BCUT2D eigenvalue weighted by molar-refractivity contribution is 6.01. The molecule has 5 aromatic carbocycles. The molecule has 1 aromatic heterocycles. The summed E-state index contributed by atoms with van der Waals surface area (Å²) < 4.78 is 0. The van der Waals surface area contributed by atoms with E-state index in [1.165, 1.54) is 27.9 Å². The highest BCUT2D eigenvalue weighted by Gasteiger charge is 2.42. The molecule has 1 saturated heterocycles. The van der Waals surface area contributed by atoms with Crippen molar-refractivity contribution in [3.63, 3.8) is 0 Å². The van der Waals surface area contributed by atoms with Gasteiger partial charge in [0, 0.05) is 40.9 Å². The third-order valence-corrected chi connectivity index (χ3v) is 10.5. The van der Waals surface area contributed by atoms with E-state index < -0.39 is 0 Å². The molecule has 0 N–H and O–H groups in total. The van der Waals surface area contributed by atoms with Gasteiger partial charge in [-0.25, -0.2) is 15.0 Å². The Bertz CT molecular complexity index is 2150. The third-order valence-electron chi connectivity index (χ3n) is 10.5. The molecule has 0 bridgehead atoms. The summed E-state index contributed by atoms with van der Waals surface area (Å²) >= 11 is 0. The third kappa shape index (κ3) is 7.55. The number of aromatic nitrogens is 3. The Morgan fingerprint density at radius 3 is 1.20 bits per heavy atom. The second-order valence-electron chi connectivity index (χ2n) is 15.8. The molecule has 6 aromatic rings. The molecular weight excluding hydrogens is 675 g/mol. The van der Waals surface area contributed by atoms with Crippen LogP contribution in [0.4, 0.5) is 11.4 Å². The summed E-state index contributed by atoms with van der Waals surface area (Å²) in [4.78, 5) is 34.0. The maximum absolute atomic E-state index is 14.6. The Balaban J connectivity index is 1.43. The number of nitrogens with zero attached hydrogens (tertiary/aromatic N) is 5. The van der Waals surface area contributed by atoms with Gasteiger partial charge in [-0.15, -0.1) is 0 Å². The molecule has 55 heavy (non-hydrogen) atoms. The molecule has 1 amide bonds. The maximum atomic E-state index is 14.6. The summed E-state index contributed by atoms with van der Waals surface area (Å²) in [5.74, 6) is 2.96. The van der Waals surface area contributed by atoms with Gasteiger partial charge in [-0.1, -0.05) is 177 Å². The van der Waals surface area contributed by atoms with Gasteiger partial charge in [-0.3, -0.25) is 9.69 Å². The SMILES string of the molecule is CC(C)c1cccc(C(C)C)c1N1CCC(=O)N(c2c(C(C)C)cccc2C(C)C)[C]1c1ccc(-c2nc(-c3ccccc3)nc(-c3ccccc3)n2)cc1. The topological polar surface area (TPSA) is 62.2 Å². The second-order valence-corrected chi connectivity index (χ2v) is 15.8. The fraction of sp³-hybridized carbons (Fsp3) is 0.286. The zero-order valence-corrected chi connectivity index (χ0v) is 33.4. The zero-order valence-electron chi connectivity index (χ0n) is 33.4. The van der Waals surface area contributed by atoms with Crippen molar-refractivity contribution in [1.82, 2.24) is 15.0 Å². The molecule has 7 rings (SSSR count). The van der Waals surface area contributed by atoms with E-state index in [2.05, 4.69) is 121 Å². The van der Waals surface area contributed by atoms with Crippen molar-refractivity contribution in [2.45, 2.75) is 85.5 Å². The molecule has 0 spiro atoms. The van der Waals surface area contributed by atoms with Gasteiger partial charge in [0.2, 0.25) is 5.91 Å². The molecule has 6 heteroatoms. The summed E-state index contributed by atoms with van der Waals surface area (Å²) in [6, 6.07) is 41.8. The number of para-hydroxylation sites is 2. The molecule has 2 heterocycles. The first-order chi connectivity index (χ1) is 26.5. The van der Waals surface area contributed by atoms with Crippen molar-refractivity contribution in [3.8, 4) is 34.2 Å². The van der Waals surface area contributed by atoms with E-state index in [-0.39, 0.29) is 17.7 Å². The van der Waals surface area contributed by atoms with Crippen molar-refractivity contribution in [1.29, 1.82) is 0 Å². The van der Waals surface area contributed by atoms with E-state index >= 15 is 0 Å². The lowest BCUT2D eigenvalue weighted by Gasteiger charge is -2.47. The smallest absolute Gasteiger partial charge is 0.231 e. The van der Waals surface area contributed by atoms with Gasteiger partial charge in [0.1, 0.15) is 0 Å². The lowest BCUT2D eigenvalue weighted by atomic mass is 9.88. The molecule has 1 fully saturated rings. The maximum Gasteiger partial charge on any atom is 0.231 e. The number of hydrogen-bond acceptors (Lipinski definition) is 5. The number of anilines is 2. The zero-order chi connectivity index (χ0) is 38.8. The van der Waals surface area contributed by atoms with E-state index in [1.807, 2.05) is 65.6 Å². The summed E-state index contributed by atoms with van der Waals surface area (Å²) in [6.07, 6.45) is 1.30. The van der Waals surface area contributed by atoms with Crippen LogP contribution in [-0.4, -0.2) is 27.4 Å². The largest absolute Gasteiger partial charge is 0.340 e. The highest BCUT2D eigenvalue weighted by atomic mass is 16.2. The molecule has 1 aliphatic rings. The van der Waals surface area contributed by atoms with Gasteiger partial charge in [0.15, 0.2) is 23.6 Å². The van der Waals surface area contributed by atoms with E-state index in [9.17, 15) is 4.79 Å². The number of carbonyl (C=O) groups excluding carboxylic acids is 1. The van der Waals surface area contributed by atoms with Crippen LogP contribution in [0.25, 0.3) is 34.2 Å². The van der Waals surface area contributed by atoms with Crippen LogP contribution in [0.15, 0.2) is 121 Å². The minimum Gasteiger partial charge on any atom is -0.340 e. The number of hydrogen-bond donors (Lipinski definition) is 0. The molecule has 279 valence electrons. The van der Waals surface area contributed by atoms with E-state index in [4.69, 9.17) is 15.0 Å². The molecule has 0 atom stereocenters. The van der Waals surface area contributed by atoms with Crippen LogP contribution < -0.4 is 9.80 Å². The lowest BCUT2D eigenvalue weighted by molar-refractivity contribution is -0.118. The summed E-state index contributed by atoms with van der Waals surface area (Å²) in [7, 11) is 0. The van der Waals surface area contributed by atoms with Crippen LogP contribution in [0.5, 0.6) is 0 Å². The predicted molar refractivity (Wildman–Crippen MR) is 227 cm³/mol. The van der Waals surface area contributed by atoms with Gasteiger partial charge in [-0.05, 0) is 45.9 Å². The average Bonchev–Trinajstić information content (AvgIpc) is 3.20. The van der Waals surface area contributed by atoms with Crippen LogP contribution in [0.1, 0.15) is 113 Å². The Labute approximate surface area is 327 Å². The normalized spacial score (nSPS) is 13.9. The van der Waals surface area contributed by atoms with Crippen LogP contribution in [0.3, 0.4) is 0 Å². The van der Waals surface area contributed by atoms with Crippen molar-refractivity contribution >= 4 is 17.3 Å². The average molecular weight is 727 g/mol. The van der Waals surface area contributed by atoms with Gasteiger partial charge >= 0.3 is 0 Å². The minimum atomic E-state index is 0.107. The fourth-order valence-electron chi connectivity index (χ4n) is 7.70. The van der Waals surface area contributed by atoms with Crippen LogP contribution in [0, 0.1) is 6.17 Å². The Kier molecular flexibility index (Phi) is 11.0. The van der Waals surface area contributed by atoms with Gasteiger partial charge in [0.25, 0.3) is 0 Å². The molecule has 0 aliphatic carbocycles. The van der Waals surface area contributed by atoms with Gasteiger partial charge in [-0.2, -0.15) is 0 Å².